The lowest BCUT2D eigenvalue weighted by atomic mass is 10.1. The van der Waals surface area contributed by atoms with E-state index in [1.165, 1.54) is 0 Å². The highest BCUT2D eigenvalue weighted by atomic mass is 32.2. The molecule has 1 unspecified atom stereocenters. The smallest absolute Gasteiger partial charge is 0.146 e. The molecule has 1 N–H and O–H groups in total. The maximum Gasteiger partial charge on any atom is 0.146 e. The molecule has 0 bridgehead atoms. The van der Waals surface area contributed by atoms with Crippen molar-refractivity contribution >= 4 is 17.4 Å². The topological polar surface area (TPSA) is 15.3 Å². The molecule has 19 heavy (non-hydrogen) atoms. The van der Waals surface area contributed by atoms with E-state index < -0.39 is 0 Å². The van der Waals surface area contributed by atoms with Gasteiger partial charge in [-0.15, -0.1) is 0 Å². The molecular weight excluding hydrogens is 259 g/mol. The summed E-state index contributed by atoms with van der Waals surface area (Å²) in [5.41, 5.74) is 1.76. The van der Waals surface area contributed by atoms with Gasteiger partial charge in [0.15, 0.2) is 0 Å². The number of nitrogens with zero attached hydrogens (tertiary/aromatic N) is 1. The van der Waals surface area contributed by atoms with Gasteiger partial charge in [0.2, 0.25) is 0 Å². The van der Waals surface area contributed by atoms with Crippen molar-refractivity contribution in [3.05, 3.63) is 29.6 Å². The van der Waals surface area contributed by atoms with Gasteiger partial charge in [-0.3, -0.25) is 0 Å². The SMILES string of the molecule is CCCNCc1cccc(F)c1N(C)C(C)CSC. The summed E-state index contributed by atoms with van der Waals surface area (Å²) < 4.78 is 14.1. The molecule has 108 valence electrons. The van der Waals surface area contributed by atoms with Crippen molar-refractivity contribution in [3.63, 3.8) is 0 Å². The van der Waals surface area contributed by atoms with Gasteiger partial charge in [-0.2, -0.15) is 11.8 Å². The van der Waals surface area contributed by atoms with Crippen molar-refractivity contribution in [2.45, 2.75) is 32.9 Å². The van der Waals surface area contributed by atoms with Crippen molar-refractivity contribution < 1.29 is 4.39 Å². The maximum atomic E-state index is 14.1. The van der Waals surface area contributed by atoms with Gasteiger partial charge < -0.3 is 10.2 Å². The Bertz CT molecular complexity index is 384. The molecule has 1 aromatic carbocycles. The highest BCUT2D eigenvalue weighted by molar-refractivity contribution is 7.98. The fraction of sp³-hybridized carbons (Fsp3) is 0.600. The highest BCUT2D eigenvalue weighted by Crippen LogP contribution is 2.25. The number of hydrogen-bond donors (Lipinski definition) is 1. The molecule has 2 nitrogen and oxygen atoms in total. The minimum atomic E-state index is -0.133. The first-order valence-electron chi connectivity index (χ1n) is 6.81. The average molecular weight is 284 g/mol. The molecule has 0 aromatic heterocycles. The first-order chi connectivity index (χ1) is 9.11. The number of nitrogens with one attached hydrogen (secondary N) is 1. The Kier molecular flexibility index (Phi) is 7.24. The zero-order valence-electron chi connectivity index (χ0n) is 12.4. The zero-order chi connectivity index (χ0) is 14.3. The van der Waals surface area contributed by atoms with E-state index in [0.717, 1.165) is 36.5 Å². The Balaban J connectivity index is 2.90. The predicted octanol–water partition coefficient (Wildman–Crippen LogP) is 3.51. The second kappa shape index (κ2) is 8.43. The van der Waals surface area contributed by atoms with E-state index in [1.54, 1.807) is 23.9 Å². The third-order valence-corrected chi connectivity index (χ3v) is 4.05. The molecule has 0 amide bonds. The molecule has 0 saturated carbocycles. The normalized spacial score (nSPS) is 12.5. The minimum absolute atomic E-state index is 0.133. The summed E-state index contributed by atoms with van der Waals surface area (Å²) in [5.74, 6) is 0.860. The molecule has 4 heteroatoms. The van der Waals surface area contributed by atoms with Crippen LogP contribution in [0.1, 0.15) is 25.8 Å². The molecule has 0 radical (unpaired) electrons. The first-order valence-corrected chi connectivity index (χ1v) is 8.21. The highest BCUT2D eigenvalue weighted by Gasteiger charge is 2.17. The van der Waals surface area contributed by atoms with Crippen LogP contribution < -0.4 is 10.2 Å². The molecule has 1 rings (SSSR count). The van der Waals surface area contributed by atoms with Gasteiger partial charge in [-0.1, -0.05) is 19.1 Å². The molecular formula is C15H25FN2S. The molecule has 0 aliphatic carbocycles. The number of hydrogen-bond acceptors (Lipinski definition) is 3. The van der Waals surface area contributed by atoms with E-state index >= 15 is 0 Å². The van der Waals surface area contributed by atoms with Gasteiger partial charge in [0.25, 0.3) is 0 Å². The summed E-state index contributed by atoms with van der Waals surface area (Å²) in [4.78, 5) is 2.05. The van der Waals surface area contributed by atoms with Crippen LogP contribution in [0.25, 0.3) is 0 Å². The largest absolute Gasteiger partial charge is 0.368 e. The fourth-order valence-electron chi connectivity index (χ4n) is 2.07. The van der Waals surface area contributed by atoms with E-state index in [9.17, 15) is 4.39 Å². The second-order valence-electron chi connectivity index (χ2n) is 4.84. The Hall–Kier alpha value is -0.740. The van der Waals surface area contributed by atoms with Gasteiger partial charge in [0, 0.05) is 25.4 Å². The lowest BCUT2D eigenvalue weighted by Crippen LogP contribution is -2.33. The molecule has 1 atom stereocenters. The van der Waals surface area contributed by atoms with Gasteiger partial charge in [0.1, 0.15) is 5.82 Å². The third-order valence-electron chi connectivity index (χ3n) is 3.23. The van der Waals surface area contributed by atoms with E-state index in [1.807, 2.05) is 13.1 Å². The van der Waals surface area contributed by atoms with Crippen LogP contribution >= 0.6 is 11.8 Å². The van der Waals surface area contributed by atoms with Crippen molar-refractivity contribution in [3.8, 4) is 0 Å². The Morgan fingerprint density at radius 3 is 2.79 bits per heavy atom. The Labute approximate surface area is 120 Å². The second-order valence-corrected chi connectivity index (χ2v) is 5.75. The number of halogens is 1. The zero-order valence-corrected chi connectivity index (χ0v) is 13.2. The lowest BCUT2D eigenvalue weighted by molar-refractivity contribution is 0.605. The van der Waals surface area contributed by atoms with Crippen molar-refractivity contribution in [1.29, 1.82) is 0 Å². The monoisotopic (exact) mass is 284 g/mol. The molecule has 0 aliphatic heterocycles. The maximum absolute atomic E-state index is 14.1. The number of benzene rings is 1. The summed E-state index contributed by atoms with van der Waals surface area (Å²) in [5, 5.41) is 3.35. The Morgan fingerprint density at radius 2 is 2.16 bits per heavy atom. The number of thioether (sulfide) groups is 1. The summed E-state index contributed by atoms with van der Waals surface area (Å²) >= 11 is 1.79. The molecule has 0 fully saturated rings. The van der Waals surface area contributed by atoms with E-state index in [4.69, 9.17) is 0 Å². The molecule has 0 saturated heterocycles. The van der Waals surface area contributed by atoms with Crippen molar-refractivity contribution in [2.24, 2.45) is 0 Å². The molecule has 0 heterocycles. The van der Waals surface area contributed by atoms with Gasteiger partial charge in [-0.05, 0) is 37.8 Å². The first kappa shape index (κ1) is 16.3. The van der Waals surface area contributed by atoms with Gasteiger partial charge >= 0.3 is 0 Å². The van der Waals surface area contributed by atoms with Crippen molar-refractivity contribution in [2.75, 3.05) is 30.5 Å². The summed E-state index contributed by atoms with van der Waals surface area (Å²) in [6.45, 7) is 5.94. The van der Waals surface area contributed by atoms with Crippen LogP contribution in [0.3, 0.4) is 0 Å². The van der Waals surface area contributed by atoms with E-state index in [2.05, 4.69) is 30.3 Å². The summed E-state index contributed by atoms with van der Waals surface area (Å²) in [6.07, 6.45) is 3.17. The predicted molar refractivity (Wildman–Crippen MR) is 84.6 cm³/mol. The number of para-hydroxylation sites is 1. The van der Waals surface area contributed by atoms with Crippen LogP contribution in [-0.2, 0) is 6.54 Å². The number of rotatable bonds is 8. The van der Waals surface area contributed by atoms with Crippen molar-refractivity contribution in [1.82, 2.24) is 5.32 Å². The molecule has 0 spiro atoms. The van der Waals surface area contributed by atoms with E-state index in [-0.39, 0.29) is 5.82 Å². The van der Waals surface area contributed by atoms with Crippen LogP contribution in [0.15, 0.2) is 18.2 Å². The minimum Gasteiger partial charge on any atom is -0.368 e. The van der Waals surface area contributed by atoms with Crippen LogP contribution in [0.2, 0.25) is 0 Å². The number of anilines is 1. The Morgan fingerprint density at radius 1 is 1.42 bits per heavy atom. The van der Waals surface area contributed by atoms with E-state index in [0.29, 0.717) is 6.04 Å². The van der Waals surface area contributed by atoms with Gasteiger partial charge in [-0.25, -0.2) is 4.39 Å². The lowest BCUT2D eigenvalue weighted by Gasteiger charge is -2.29. The van der Waals surface area contributed by atoms with Crippen LogP contribution in [0.5, 0.6) is 0 Å². The van der Waals surface area contributed by atoms with Crippen LogP contribution in [-0.4, -0.2) is 31.6 Å². The summed E-state index contributed by atoms with van der Waals surface area (Å²) in [7, 11) is 1.97. The molecule has 1 aromatic rings. The third kappa shape index (κ3) is 4.69. The van der Waals surface area contributed by atoms with Crippen LogP contribution in [0.4, 0.5) is 10.1 Å². The van der Waals surface area contributed by atoms with Gasteiger partial charge in [0.05, 0.1) is 5.69 Å². The standard InChI is InChI=1S/C15H25FN2S/c1-5-9-17-10-13-7-6-8-14(16)15(13)18(3)12(2)11-19-4/h6-8,12,17H,5,9-11H2,1-4H3. The fourth-order valence-corrected chi connectivity index (χ4v) is 2.78. The van der Waals surface area contributed by atoms with Crippen LogP contribution in [0, 0.1) is 5.82 Å². The summed E-state index contributed by atoms with van der Waals surface area (Å²) in [6, 6.07) is 5.65. The molecule has 0 aliphatic rings. The quantitative estimate of drug-likeness (QED) is 0.735. The average Bonchev–Trinajstić information content (AvgIpc) is 2.39.